The summed E-state index contributed by atoms with van der Waals surface area (Å²) in [6, 6.07) is 4.43. The third-order valence-electron chi connectivity index (χ3n) is 4.07. The third kappa shape index (κ3) is 5.56. The SMILES string of the molecule is CCC/C(=N\OCC=CCl)C1C(=O)CN(C(=O)c2ccc(Cl)cc2Cl)CC1=O. The van der Waals surface area contributed by atoms with Gasteiger partial charge in [-0.25, -0.2) is 0 Å². The average Bonchev–Trinajstić information content (AvgIpc) is 2.64. The minimum atomic E-state index is -1.01. The normalized spacial score (nSPS) is 16.1. The fraction of sp³-hybridized carbons (Fsp3) is 0.368. The number of ketones is 2. The number of benzene rings is 1. The standard InChI is InChI=1S/C19H19Cl3N2O4/c1-2-4-15(23-28-8-3-7-20)18-16(25)10-24(11-17(18)26)19(27)13-6-5-12(21)9-14(13)22/h3,5-7,9,18H,2,4,8,10-11H2,1H3/b7-3?,23-15+. The van der Waals surface area contributed by atoms with Crippen molar-refractivity contribution in [2.24, 2.45) is 11.1 Å². The first-order valence-corrected chi connectivity index (χ1v) is 9.82. The smallest absolute Gasteiger partial charge is 0.256 e. The fourth-order valence-electron chi connectivity index (χ4n) is 2.84. The van der Waals surface area contributed by atoms with Crippen LogP contribution in [0.25, 0.3) is 0 Å². The molecule has 0 radical (unpaired) electrons. The Morgan fingerprint density at radius 1 is 1.29 bits per heavy atom. The van der Waals surface area contributed by atoms with Crippen molar-refractivity contribution in [1.29, 1.82) is 0 Å². The van der Waals surface area contributed by atoms with Crippen LogP contribution in [0.15, 0.2) is 35.0 Å². The summed E-state index contributed by atoms with van der Waals surface area (Å²) in [4.78, 5) is 44.3. The number of piperidine rings is 1. The number of carbonyl (C=O) groups excluding carboxylic acids is 3. The van der Waals surface area contributed by atoms with Crippen molar-refractivity contribution in [3.63, 3.8) is 0 Å². The monoisotopic (exact) mass is 444 g/mol. The number of nitrogens with zero attached hydrogens (tertiary/aromatic N) is 2. The molecule has 1 aliphatic rings. The van der Waals surface area contributed by atoms with Crippen molar-refractivity contribution in [1.82, 2.24) is 4.90 Å². The predicted molar refractivity (Wildman–Crippen MR) is 109 cm³/mol. The number of oxime groups is 1. The van der Waals surface area contributed by atoms with Gasteiger partial charge in [-0.2, -0.15) is 0 Å². The molecular weight excluding hydrogens is 427 g/mol. The highest BCUT2D eigenvalue weighted by molar-refractivity contribution is 6.37. The Balaban J connectivity index is 2.17. The van der Waals surface area contributed by atoms with Crippen LogP contribution in [0.2, 0.25) is 10.0 Å². The number of halogens is 3. The molecule has 1 saturated heterocycles. The van der Waals surface area contributed by atoms with E-state index in [9.17, 15) is 14.4 Å². The summed E-state index contributed by atoms with van der Waals surface area (Å²) in [7, 11) is 0. The van der Waals surface area contributed by atoms with Crippen molar-refractivity contribution in [2.45, 2.75) is 19.8 Å². The van der Waals surface area contributed by atoms with Crippen molar-refractivity contribution in [3.8, 4) is 0 Å². The summed E-state index contributed by atoms with van der Waals surface area (Å²) in [6.45, 7) is 1.62. The van der Waals surface area contributed by atoms with E-state index in [-0.39, 0.29) is 30.3 Å². The maximum absolute atomic E-state index is 12.7. The summed E-state index contributed by atoms with van der Waals surface area (Å²) >= 11 is 17.3. The molecule has 28 heavy (non-hydrogen) atoms. The lowest BCUT2D eigenvalue weighted by Gasteiger charge is -2.30. The predicted octanol–water partition coefficient (Wildman–Crippen LogP) is 4.13. The molecule has 0 atom stereocenters. The Bertz CT molecular complexity index is 805. The molecule has 0 N–H and O–H groups in total. The number of amides is 1. The lowest BCUT2D eigenvalue weighted by Crippen LogP contribution is -2.52. The topological polar surface area (TPSA) is 76.0 Å². The van der Waals surface area contributed by atoms with E-state index in [1.807, 2.05) is 6.92 Å². The number of hydrogen-bond donors (Lipinski definition) is 0. The zero-order valence-corrected chi connectivity index (χ0v) is 17.4. The van der Waals surface area contributed by atoms with E-state index in [0.717, 1.165) is 0 Å². The first-order chi connectivity index (χ1) is 13.4. The van der Waals surface area contributed by atoms with Crippen LogP contribution in [0.5, 0.6) is 0 Å². The summed E-state index contributed by atoms with van der Waals surface area (Å²) in [5, 5.41) is 4.50. The van der Waals surface area contributed by atoms with E-state index in [1.54, 1.807) is 0 Å². The molecule has 1 fully saturated rings. The minimum absolute atomic E-state index is 0.130. The van der Waals surface area contributed by atoms with Gasteiger partial charge in [0.25, 0.3) is 5.91 Å². The summed E-state index contributed by atoms with van der Waals surface area (Å²) < 4.78 is 0. The molecule has 150 valence electrons. The van der Waals surface area contributed by atoms with Gasteiger partial charge >= 0.3 is 0 Å². The van der Waals surface area contributed by atoms with E-state index in [2.05, 4.69) is 5.16 Å². The van der Waals surface area contributed by atoms with E-state index in [1.165, 1.54) is 34.7 Å². The second kappa shape index (κ2) is 10.6. The molecule has 0 saturated carbocycles. The third-order valence-corrected chi connectivity index (χ3v) is 4.79. The zero-order valence-electron chi connectivity index (χ0n) is 15.2. The number of hydrogen-bond acceptors (Lipinski definition) is 5. The molecule has 9 heteroatoms. The fourth-order valence-corrected chi connectivity index (χ4v) is 3.40. The van der Waals surface area contributed by atoms with E-state index >= 15 is 0 Å². The Hall–Kier alpha value is -1.89. The minimum Gasteiger partial charge on any atom is -0.392 e. The van der Waals surface area contributed by atoms with E-state index < -0.39 is 23.4 Å². The van der Waals surface area contributed by atoms with Crippen LogP contribution < -0.4 is 0 Å². The van der Waals surface area contributed by atoms with Crippen LogP contribution in [0.3, 0.4) is 0 Å². The molecule has 6 nitrogen and oxygen atoms in total. The van der Waals surface area contributed by atoms with Gasteiger partial charge in [-0.05, 0) is 30.7 Å². The lowest BCUT2D eigenvalue weighted by atomic mass is 9.87. The average molecular weight is 446 g/mol. The molecule has 1 aliphatic heterocycles. The quantitative estimate of drug-likeness (QED) is 0.274. The molecule has 2 rings (SSSR count). The maximum Gasteiger partial charge on any atom is 0.256 e. The highest BCUT2D eigenvalue weighted by Crippen LogP contribution is 2.24. The molecule has 0 unspecified atom stereocenters. The van der Waals surface area contributed by atoms with Gasteiger partial charge in [0.2, 0.25) is 0 Å². The molecule has 1 amide bonds. The van der Waals surface area contributed by atoms with Gasteiger partial charge in [0, 0.05) is 10.6 Å². The molecule has 0 aliphatic carbocycles. The van der Waals surface area contributed by atoms with Gasteiger partial charge in [-0.1, -0.05) is 53.3 Å². The van der Waals surface area contributed by atoms with Crippen LogP contribution in [0, 0.1) is 5.92 Å². The first-order valence-electron chi connectivity index (χ1n) is 8.62. The van der Waals surface area contributed by atoms with Crippen LogP contribution in [0.1, 0.15) is 30.1 Å². The van der Waals surface area contributed by atoms with Crippen molar-refractivity contribution < 1.29 is 19.2 Å². The van der Waals surface area contributed by atoms with Crippen molar-refractivity contribution >= 4 is 58.0 Å². The number of carbonyl (C=O) groups is 3. The highest BCUT2D eigenvalue weighted by atomic mass is 35.5. The number of likely N-dealkylation sites (tertiary alicyclic amines) is 1. The molecule has 0 aromatic heterocycles. The number of Topliss-reactive ketones (excluding diaryl/α,β-unsaturated/α-hetero) is 2. The van der Waals surface area contributed by atoms with Crippen LogP contribution >= 0.6 is 34.8 Å². The van der Waals surface area contributed by atoms with Gasteiger partial charge in [0.05, 0.1) is 29.4 Å². The van der Waals surface area contributed by atoms with E-state index in [4.69, 9.17) is 39.6 Å². The van der Waals surface area contributed by atoms with Crippen LogP contribution in [-0.2, 0) is 14.4 Å². The van der Waals surface area contributed by atoms with Gasteiger partial charge in [0.15, 0.2) is 11.6 Å². The van der Waals surface area contributed by atoms with Gasteiger partial charge in [0.1, 0.15) is 12.5 Å². The molecule has 1 aromatic carbocycles. The zero-order chi connectivity index (χ0) is 20.7. The highest BCUT2D eigenvalue weighted by Gasteiger charge is 2.39. The Morgan fingerprint density at radius 2 is 1.96 bits per heavy atom. The molecule has 0 spiro atoms. The molecule has 1 aromatic rings. The Labute approximate surface area is 178 Å². The second-order valence-electron chi connectivity index (χ2n) is 6.14. The van der Waals surface area contributed by atoms with Crippen LogP contribution in [-0.4, -0.2) is 47.8 Å². The van der Waals surface area contributed by atoms with Gasteiger partial charge in [-0.3, -0.25) is 14.4 Å². The van der Waals surface area contributed by atoms with Crippen LogP contribution in [0.4, 0.5) is 0 Å². The molecule has 1 heterocycles. The maximum atomic E-state index is 12.7. The Kier molecular flexibility index (Phi) is 8.48. The second-order valence-corrected chi connectivity index (χ2v) is 7.24. The van der Waals surface area contributed by atoms with E-state index in [0.29, 0.717) is 23.6 Å². The Morgan fingerprint density at radius 3 is 2.54 bits per heavy atom. The summed E-state index contributed by atoms with van der Waals surface area (Å²) in [5.74, 6) is -2.32. The van der Waals surface area contributed by atoms with Gasteiger partial charge < -0.3 is 9.74 Å². The van der Waals surface area contributed by atoms with Gasteiger partial charge in [-0.15, -0.1) is 0 Å². The molecular formula is C19H19Cl3N2O4. The first kappa shape index (κ1) is 22.4. The number of rotatable bonds is 7. The summed E-state index contributed by atoms with van der Waals surface area (Å²) in [5.41, 5.74) is 1.83. The lowest BCUT2D eigenvalue weighted by molar-refractivity contribution is -0.134. The van der Waals surface area contributed by atoms with Crippen molar-refractivity contribution in [2.75, 3.05) is 19.7 Å². The molecule has 0 bridgehead atoms. The largest absolute Gasteiger partial charge is 0.392 e. The van der Waals surface area contributed by atoms with Crippen molar-refractivity contribution in [3.05, 3.63) is 45.4 Å². The summed E-state index contributed by atoms with van der Waals surface area (Å²) in [6.07, 6.45) is 2.66.